The molecule has 0 unspecified atom stereocenters. The van der Waals surface area contributed by atoms with E-state index in [0.717, 1.165) is 22.5 Å². The molecule has 3 aromatic rings. The van der Waals surface area contributed by atoms with Crippen molar-refractivity contribution in [1.29, 1.82) is 0 Å². The summed E-state index contributed by atoms with van der Waals surface area (Å²) in [7, 11) is 0. The van der Waals surface area contributed by atoms with E-state index in [2.05, 4.69) is 5.32 Å². The Morgan fingerprint density at radius 1 is 1.19 bits per heavy atom. The maximum Gasteiger partial charge on any atom is 0.350 e. The molecule has 0 radical (unpaired) electrons. The van der Waals surface area contributed by atoms with E-state index >= 15 is 0 Å². The summed E-state index contributed by atoms with van der Waals surface area (Å²) < 4.78 is 18.8. The molecule has 0 bridgehead atoms. The molecule has 4 nitrogen and oxygen atoms in total. The van der Waals surface area contributed by atoms with Crippen LogP contribution in [0.1, 0.15) is 20.8 Å². The molecule has 0 spiro atoms. The third-order valence-electron chi connectivity index (χ3n) is 3.72. The molecular formula is C19H15ClFNO3S. The number of ether oxygens (including phenoxy) is 1. The Bertz CT molecular complexity index is 969. The second-order valence-electron chi connectivity index (χ2n) is 5.72. The Hall–Kier alpha value is -2.44. The number of halogens is 2. The summed E-state index contributed by atoms with van der Waals surface area (Å²) in [4.78, 5) is 24.2. The van der Waals surface area contributed by atoms with Crippen molar-refractivity contribution < 1.29 is 18.7 Å². The second-order valence-corrected chi connectivity index (χ2v) is 7.15. The average Bonchev–Trinajstić information content (AvgIpc) is 2.95. The molecule has 0 aliphatic rings. The zero-order valence-electron chi connectivity index (χ0n) is 13.8. The van der Waals surface area contributed by atoms with Crippen molar-refractivity contribution in [2.24, 2.45) is 0 Å². The molecule has 3 rings (SSSR count). The molecule has 134 valence electrons. The van der Waals surface area contributed by atoms with Crippen molar-refractivity contribution in [3.05, 3.63) is 69.3 Å². The Morgan fingerprint density at radius 3 is 2.65 bits per heavy atom. The van der Waals surface area contributed by atoms with Crippen LogP contribution >= 0.6 is 22.9 Å². The summed E-state index contributed by atoms with van der Waals surface area (Å²) in [5, 5.41) is 3.46. The normalized spacial score (nSPS) is 10.7. The minimum absolute atomic E-state index is 0.151. The Labute approximate surface area is 158 Å². The summed E-state index contributed by atoms with van der Waals surface area (Å²) in [5.74, 6) is -1.53. The Balaban J connectivity index is 1.57. The number of amides is 1. The highest BCUT2D eigenvalue weighted by atomic mass is 35.5. The molecule has 1 amide bonds. The highest BCUT2D eigenvalue weighted by Crippen LogP contribution is 2.36. The van der Waals surface area contributed by atoms with Gasteiger partial charge < -0.3 is 10.1 Å². The van der Waals surface area contributed by atoms with Gasteiger partial charge in [0.2, 0.25) is 0 Å². The van der Waals surface area contributed by atoms with E-state index in [1.165, 1.54) is 18.2 Å². The van der Waals surface area contributed by atoms with Gasteiger partial charge in [0.15, 0.2) is 6.61 Å². The predicted molar refractivity (Wildman–Crippen MR) is 100 cm³/mol. The smallest absolute Gasteiger partial charge is 0.350 e. The second kappa shape index (κ2) is 7.85. The molecular weight excluding hydrogens is 377 g/mol. The van der Waals surface area contributed by atoms with Gasteiger partial charge in [0.1, 0.15) is 10.7 Å². The van der Waals surface area contributed by atoms with Gasteiger partial charge in [0.25, 0.3) is 5.91 Å². The first-order valence-electron chi connectivity index (χ1n) is 7.81. The molecule has 0 aliphatic carbocycles. The number of rotatable bonds is 5. The predicted octanol–water partition coefficient (Wildman–Crippen LogP) is 4.48. The van der Waals surface area contributed by atoms with Crippen molar-refractivity contribution in [2.45, 2.75) is 13.5 Å². The quantitative estimate of drug-likeness (QED) is 0.652. The number of thiophene rings is 1. The molecule has 26 heavy (non-hydrogen) atoms. The number of hydrogen-bond donors (Lipinski definition) is 1. The lowest BCUT2D eigenvalue weighted by atomic mass is 10.1. The van der Waals surface area contributed by atoms with E-state index in [4.69, 9.17) is 16.3 Å². The third-order valence-corrected chi connectivity index (χ3v) is 5.36. The van der Waals surface area contributed by atoms with Gasteiger partial charge in [0.05, 0.1) is 5.02 Å². The molecule has 1 heterocycles. The minimum Gasteiger partial charge on any atom is -0.451 e. The lowest BCUT2D eigenvalue weighted by Gasteiger charge is -2.06. The first-order chi connectivity index (χ1) is 12.4. The van der Waals surface area contributed by atoms with E-state index < -0.39 is 24.3 Å². The molecule has 0 aliphatic heterocycles. The number of fused-ring (bicyclic) bond motifs is 1. The number of esters is 1. The number of hydrogen-bond acceptors (Lipinski definition) is 4. The summed E-state index contributed by atoms with van der Waals surface area (Å²) in [6.07, 6.45) is 0. The van der Waals surface area contributed by atoms with E-state index in [0.29, 0.717) is 16.6 Å². The van der Waals surface area contributed by atoms with Gasteiger partial charge in [0, 0.05) is 16.6 Å². The molecule has 0 fully saturated rings. The summed E-state index contributed by atoms with van der Waals surface area (Å²) in [6, 6.07) is 11.8. The zero-order valence-corrected chi connectivity index (χ0v) is 15.4. The minimum atomic E-state index is -0.706. The maximum absolute atomic E-state index is 13.3. The highest BCUT2D eigenvalue weighted by molar-refractivity contribution is 7.21. The van der Waals surface area contributed by atoms with Crippen molar-refractivity contribution in [2.75, 3.05) is 6.61 Å². The van der Waals surface area contributed by atoms with Crippen molar-refractivity contribution in [3.63, 3.8) is 0 Å². The van der Waals surface area contributed by atoms with Crippen LogP contribution in [0.15, 0.2) is 42.5 Å². The molecule has 7 heteroatoms. The van der Waals surface area contributed by atoms with Gasteiger partial charge in [-0.05, 0) is 30.7 Å². The van der Waals surface area contributed by atoms with Crippen molar-refractivity contribution in [1.82, 2.24) is 5.32 Å². The first kappa shape index (κ1) is 18.4. The van der Waals surface area contributed by atoms with Crippen LogP contribution in [0.3, 0.4) is 0 Å². The lowest BCUT2D eigenvalue weighted by Crippen LogP contribution is -2.28. The SMILES string of the molecule is Cc1ccc(CNC(=O)COC(=O)c2sc3cc(F)ccc3c2Cl)cc1. The number of benzene rings is 2. The van der Waals surface area contributed by atoms with Crippen LogP contribution in [0.5, 0.6) is 0 Å². The van der Waals surface area contributed by atoms with Gasteiger partial charge in [-0.15, -0.1) is 11.3 Å². The van der Waals surface area contributed by atoms with E-state index in [-0.39, 0.29) is 9.90 Å². The van der Waals surface area contributed by atoms with Crippen LogP contribution in [0.2, 0.25) is 5.02 Å². The zero-order chi connectivity index (χ0) is 18.7. The number of nitrogens with one attached hydrogen (secondary N) is 1. The summed E-state index contributed by atoms with van der Waals surface area (Å²) in [5.41, 5.74) is 2.08. The van der Waals surface area contributed by atoms with Crippen molar-refractivity contribution >= 4 is 44.9 Å². The molecule has 0 saturated carbocycles. The molecule has 1 aromatic heterocycles. The van der Waals surface area contributed by atoms with Crippen LogP contribution < -0.4 is 5.32 Å². The maximum atomic E-state index is 13.3. The number of aryl methyl sites for hydroxylation is 1. The fourth-order valence-electron chi connectivity index (χ4n) is 2.32. The van der Waals surface area contributed by atoms with E-state index in [1.807, 2.05) is 31.2 Å². The fourth-order valence-corrected chi connectivity index (χ4v) is 3.75. The van der Waals surface area contributed by atoms with Crippen LogP contribution in [0, 0.1) is 12.7 Å². The third kappa shape index (κ3) is 4.20. The Kier molecular flexibility index (Phi) is 5.54. The monoisotopic (exact) mass is 391 g/mol. The molecule has 0 atom stereocenters. The summed E-state index contributed by atoms with van der Waals surface area (Å²) >= 11 is 7.19. The van der Waals surface area contributed by atoms with E-state index in [1.54, 1.807) is 0 Å². The van der Waals surface area contributed by atoms with Gasteiger partial charge in [-0.1, -0.05) is 41.4 Å². The van der Waals surface area contributed by atoms with E-state index in [9.17, 15) is 14.0 Å². The lowest BCUT2D eigenvalue weighted by molar-refractivity contribution is -0.124. The van der Waals surface area contributed by atoms with Gasteiger partial charge in [-0.2, -0.15) is 0 Å². The van der Waals surface area contributed by atoms with Gasteiger partial charge in [-0.3, -0.25) is 4.79 Å². The summed E-state index contributed by atoms with van der Waals surface area (Å²) in [6.45, 7) is 1.92. The van der Waals surface area contributed by atoms with Crippen molar-refractivity contribution in [3.8, 4) is 0 Å². The average molecular weight is 392 g/mol. The molecule has 0 saturated heterocycles. The van der Waals surface area contributed by atoms with Crippen LogP contribution in [-0.2, 0) is 16.1 Å². The molecule has 1 N–H and O–H groups in total. The first-order valence-corrected chi connectivity index (χ1v) is 9.00. The topological polar surface area (TPSA) is 55.4 Å². The molecule has 2 aromatic carbocycles. The fraction of sp³-hybridized carbons (Fsp3) is 0.158. The van der Waals surface area contributed by atoms with Crippen LogP contribution in [0.4, 0.5) is 4.39 Å². The standard InChI is InChI=1S/C19H15ClFNO3S/c1-11-2-4-12(5-3-11)9-22-16(23)10-25-19(24)18-17(20)14-7-6-13(21)8-15(14)26-18/h2-8H,9-10H2,1H3,(H,22,23). The van der Waals surface area contributed by atoms with Crippen LogP contribution in [-0.4, -0.2) is 18.5 Å². The highest BCUT2D eigenvalue weighted by Gasteiger charge is 2.19. The van der Waals surface area contributed by atoms with Gasteiger partial charge >= 0.3 is 5.97 Å². The Morgan fingerprint density at radius 2 is 1.92 bits per heavy atom. The van der Waals surface area contributed by atoms with Crippen LogP contribution in [0.25, 0.3) is 10.1 Å². The largest absolute Gasteiger partial charge is 0.451 e. The van der Waals surface area contributed by atoms with Gasteiger partial charge in [-0.25, -0.2) is 9.18 Å². The number of carbonyl (C=O) groups is 2. The number of carbonyl (C=O) groups excluding carboxylic acids is 2.